The van der Waals surface area contributed by atoms with Gasteiger partial charge in [0.05, 0.1) is 0 Å². The van der Waals surface area contributed by atoms with Crippen molar-refractivity contribution in [3.05, 3.63) is 35.9 Å². The fourth-order valence-corrected chi connectivity index (χ4v) is 4.04. The van der Waals surface area contributed by atoms with E-state index in [1.807, 2.05) is 0 Å². The monoisotopic (exact) mass is 286 g/mol. The van der Waals surface area contributed by atoms with Crippen LogP contribution in [0.25, 0.3) is 0 Å². The van der Waals surface area contributed by atoms with Gasteiger partial charge < -0.3 is 10.2 Å². The van der Waals surface area contributed by atoms with E-state index in [4.69, 9.17) is 0 Å². The second-order valence-electron chi connectivity index (χ2n) is 6.88. The molecule has 1 saturated carbocycles. The van der Waals surface area contributed by atoms with E-state index < -0.39 is 0 Å². The van der Waals surface area contributed by atoms with Gasteiger partial charge in [0.25, 0.3) is 0 Å². The van der Waals surface area contributed by atoms with Crippen molar-refractivity contribution in [2.24, 2.45) is 11.8 Å². The predicted molar refractivity (Wildman–Crippen MR) is 89.5 cm³/mol. The molecule has 1 heterocycles. The zero-order valence-electron chi connectivity index (χ0n) is 13.4. The summed E-state index contributed by atoms with van der Waals surface area (Å²) in [7, 11) is 0. The molecule has 0 amide bonds. The molecule has 2 atom stereocenters. The molecular formula is C19H30N2. The summed E-state index contributed by atoms with van der Waals surface area (Å²) in [5.74, 6) is 1.81. The highest BCUT2D eigenvalue weighted by Crippen LogP contribution is 2.34. The number of likely N-dealkylation sites (tertiary alicyclic amines) is 1. The Morgan fingerprint density at radius 2 is 1.81 bits per heavy atom. The van der Waals surface area contributed by atoms with Crippen molar-refractivity contribution >= 4 is 0 Å². The van der Waals surface area contributed by atoms with Gasteiger partial charge in [-0.2, -0.15) is 0 Å². The van der Waals surface area contributed by atoms with Crippen LogP contribution in [0.1, 0.15) is 38.2 Å². The molecule has 2 nitrogen and oxygen atoms in total. The van der Waals surface area contributed by atoms with Crippen LogP contribution in [-0.2, 0) is 6.42 Å². The van der Waals surface area contributed by atoms with Gasteiger partial charge >= 0.3 is 0 Å². The Balaban J connectivity index is 1.43. The fourth-order valence-electron chi connectivity index (χ4n) is 4.04. The molecule has 21 heavy (non-hydrogen) atoms. The van der Waals surface area contributed by atoms with Crippen molar-refractivity contribution in [1.29, 1.82) is 0 Å². The van der Waals surface area contributed by atoms with Crippen LogP contribution >= 0.6 is 0 Å². The van der Waals surface area contributed by atoms with E-state index in [0.29, 0.717) is 0 Å². The largest absolute Gasteiger partial charge is 0.317 e. The highest BCUT2D eigenvalue weighted by atomic mass is 15.2. The Hall–Kier alpha value is -0.860. The summed E-state index contributed by atoms with van der Waals surface area (Å²) in [5.41, 5.74) is 1.52. The van der Waals surface area contributed by atoms with Crippen molar-refractivity contribution in [1.82, 2.24) is 10.2 Å². The molecule has 0 aromatic heterocycles. The van der Waals surface area contributed by atoms with Gasteiger partial charge in [-0.3, -0.25) is 0 Å². The number of hydrogen-bond donors (Lipinski definition) is 1. The zero-order valence-corrected chi connectivity index (χ0v) is 13.4. The molecule has 1 aliphatic heterocycles. The van der Waals surface area contributed by atoms with E-state index >= 15 is 0 Å². The molecule has 0 radical (unpaired) electrons. The molecule has 2 heteroatoms. The third kappa shape index (κ3) is 3.87. The molecule has 2 unspecified atom stereocenters. The Morgan fingerprint density at radius 3 is 2.43 bits per heavy atom. The lowest BCUT2D eigenvalue weighted by Crippen LogP contribution is -2.53. The first-order valence-corrected chi connectivity index (χ1v) is 8.85. The van der Waals surface area contributed by atoms with Crippen molar-refractivity contribution in [2.45, 2.75) is 45.1 Å². The third-order valence-electron chi connectivity index (χ3n) is 5.52. The smallest absolute Gasteiger partial charge is 0.0136 e. The van der Waals surface area contributed by atoms with Crippen LogP contribution < -0.4 is 5.32 Å². The highest BCUT2D eigenvalue weighted by Gasteiger charge is 2.36. The van der Waals surface area contributed by atoms with Gasteiger partial charge in [0.2, 0.25) is 0 Å². The number of nitrogens with one attached hydrogen (secondary N) is 1. The number of hydrogen-bond acceptors (Lipinski definition) is 2. The fraction of sp³-hybridized carbons (Fsp3) is 0.684. The summed E-state index contributed by atoms with van der Waals surface area (Å²) in [4.78, 5) is 2.78. The first kappa shape index (κ1) is 15.1. The van der Waals surface area contributed by atoms with Crippen molar-refractivity contribution in [3.63, 3.8) is 0 Å². The SMILES string of the molecule is CCNCC1CCC1N1CCC(Cc2ccccc2)CC1. The average molecular weight is 286 g/mol. The highest BCUT2D eigenvalue weighted by molar-refractivity contribution is 5.15. The first-order valence-electron chi connectivity index (χ1n) is 8.85. The van der Waals surface area contributed by atoms with Crippen LogP contribution in [0.2, 0.25) is 0 Å². The van der Waals surface area contributed by atoms with Crippen LogP contribution in [0.15, 0.2) is 30.3 Å². The maximum Gasteiger partial charge on any atom is 0.0136 e. The summed E-state index contributed by atoms with van der Waals surface area (Å²) in [6, 6.07) is 11.9. The van der Waals surface area contributed by atoms with Crippen LogP contribution in [0.3, 0.4) is 0 Å². The zero-order chi connectivity index (χ0) is 14.5. The van der Waals surface area contributed by atoms with Crippen molar-refractivity contribution in [3.8, 4) is 0 Å². The van der Waals surface area contributed by atoms with E-state index in [9.17, 15) is 0 Å². The minimum Gasteiger partial charge on any atom is -0.317 e. The standard InChI is InChI=1S/C19H30N2/c1-2-20-15-18-8-9-19(18)21-12-10-17(11-13-21)14-16-6-4-3-5-7-16/h3-7,17-20H,2,8-15H2,1H3. The molecule has 1 aromatic rings. The lowest BCUT2D eigenvalue weighted by atomic mass is 9.77. The van der Waals surface area contributed by atoms with Gasteiger partial charge in [-0.05, 0) is 75.7 Å². The van der Waals surface area contributed by atoms with Crippen LogP contribution in [0.5, 0.6) is 0 Å². The lowest BCUT2D eigenvalue weighted by Gasteiger charge is -2.47. The van der Waals surface area contributed by atoms with Crippen LogP contribution in [0, 0.1) is 11.8 Å². The van der Waals surface area contributed by atoms with Crippen LogP contribution in [0.4, 0.5) is 0 Å². The Labute approximate surface area is 129 Å². The third-order valence-corrected chi connectivity index (χ3v) is 5.52. The summed E-state index contributed by atoms with van der Waals surface area (Å²) >= 11 is 0. The van der Waals surface area contributed by atoms with E-state index in [-0.39, 0.29) is 0 Å². The minimum absolute atomic E-state index is 0.877. The molecule has 2 fully saturated rings. The number of rotatable bonds is 6. The quantitative estimate of drug-likeness (QED) is 0.863. The summed E-state index contributed by atoms with van der Waals surface area (Å²) in [5, 5.41) is 3.53. The van der Waals surface area contributed by atoms with E-state index in [0.717, 1.165) is 24.4 Å². The molecule has 1 N–H and O–H groups in total. The average Bonchev–Trinajstić information content (AvgIpc) is 2.50. The molecule has 116 valence electrons. The van der Waals surface area contributed by atoms with E-state index in [1.165, 1.54) is 57.3 Å². The maximum absolute atomic E-state index is 3.53. The Morgan fingerprint density at radius 1 is 1.05 bits per heavy atom. The molecule has 0 spiro atoms. The van der Waals surface area contributed by atoms with Gasteiger partial charge in [0.15, 0.2) is 0 Å². The van der Waals surface area contributed by atoms with Gasteiger partial charge in [-0.25, -0.2) is 0 Å². The van der Waals surface area contributed by atoms with E-state index in [1.54, 1.807) is 0 Å². The molecular weight excluding hydrogens is 256 g/mol. The Bertz CT molecular complexity index is 409. The van der Waals surface area contributed by atoms with Crippen molar-refractivity contribution in [2.75, 3.05) is 26.2 Å². The maximum atomic E-state index is 3.53. The molecule has 0 bridgehead atoms. The molecule has 3 rings (SSSR count). The molecule has 1 aromatic carbocycles. The normalized spacial score (nSPS) is 27.5. The molecule has 2 aliphatic rings. The summed E-state index contributed by atoms with van der Waals surface area (Å²) in [6.45, 7) is 7.20. The van der Waals surface area contributed by atoms with Gasteiger partial charge in [0, 0.05) is 6.04 Å². The second kappa shape index (κ2) is 7.42. The van der Waals surface area contributed by atoms with Crippen molar-refractivity contribution < 1.29 is 0 Å². The number of piperidine rings is 1. The topological polar surface area (TPSA) is 15.3 Å². The number of nitrogens with zero attached hydrogens (tertiary/aromatic N) is 1. The molecule has 1 saturated heterocycles. The number of benzene rings is 1. The summed E-state index contributed by atoms with van der Waals surface area (Å²) < 4.78 is 0. The second-order valence-corrected chi connectivity index (χ2v) is 6.88. The molecule has 1 aliphatic carbocycles. The Kier molecular flexibility index (Phi) is 5.32. The van der Waals surface area contributed by atoms with Gasteiger partial charge in [-0.15, -0.1) is 0 Å². The predicted octanol–water partition coefficient (Wildman–Crippen LogP) is 3.33. The summed E-state index contributed by atoms with van der Waals surface area (Å²) in [6.07, 6.45) is 6.92. The van der Waals surface area contributed by atoms with Gasteiger partial charge in [0.1, 0.15) is 0 Å². The van der Waals surface area contributed by atoms with Gasteiger partial charge in [-0.1, -0.05) is 37.3 Å². The lowest BCUT2D eigenvalue weighted by molar-refractivity contribution is 0.0346. The van der Waals surface area contributed by atoms with Crippen LogP contribution in [-0.4, -0.2) is 37.1 Å². The van der Waals surface area contributed by atoms with E-state index in [2.05, 4.69) is 47.5 Å². The minimum atomic E-state index is 0.877. The first-order chi connectivity index (χ1) is 10.4.